The Morgan fingerprint density at radius 1 is 0.686 bits per heavy atom. The van der Waals surface area contributed by atoms with Crippen LogP contribution in [-0.4, -0.2) is 160 Å². The molecule has 19 nitrogen and oxygen atoms in total. The van der Waals surface area contributed by atoms with Crippen molar-refractivity contribution in [3.05, 3.63) is 51.7 Å². The highest BCUT2D eigenvalue weighted by molar-refractivity contribution is 5.92. The molecule has 0 amide bonds. The minimum Gasteiger partial charge on any atom is -0.508 e. The van der Waals surface area contributed by atoms with Gasteiger partial charge in [0.15, 0.2) is 17.3 Å². The third-order valence-electron chi connectivity index (χ3n) is 9.40. The fourth-order valence-corrected chi connectivity index (χ4v) is 6.49. The molecule has 3 fully saturated rings. The van der Waals surface area contributed by atoms with Gasteiger partial charge in [0.1, 0.15) is 108 Å². The van der Waals surface area contributed by atoms with Gasteiger partial charge in [0.25, 0.3) is 0 Å². The lowest BCUT2D eigenvalue weighted by Crippen LogP contribution is -2.60. The molecule has 0 bridgehead atoms. The molecule has 13 N–H and O–H groups in total. The van der Waals surface area contributed by atoms with Crippen LogP contribution >= 0.6 is 0 Å². The molecule has 3 aliphatic heterocycles. The smallest absolute Gasteiger partial charge is 0.197 e. The van der Waals surface area contributed by atoms with Crippen molar-refractivity contribution >= 4 is 11.0 Å². The van der Waals surface area contributed by atoms with Crippen molar-refractivity contribution in [2.24, 2.45) is 0 Å². The molecule has 14 atom stereocenters. The number of ether oxygens (including phenoxy) is 4. The predicted molar refractivity (Wildman–Crippen MR) is 165 cm³/mol. The lowest BCUT2D eigenvalue weighted by molar-refractivity contribution is -0.314. The molecule has 2 aromatic carbocycles. The first kappa shape index (κ1) is 37.3. The number of aromatic hydroxyl groups is 3. The SMILES string of the molecule is O=c1cc(-c2ccc(O)cc2)oc2c([C@H]3OC[C@H](O)[C@@H](O)[C@@H]3O)c(O)c([C@@H]3O[C@H](CO[C@@H]4O[C@H](CO)[C@@H](O)[C@H](O)[C@H]4O)[C@@H](O)[C@H](O)[C@H]3O)c(O)c12. The zero-order valence-corrected chi connectivity index (χ0v) is 26.4. The van der Waals surface area contributed by atoms with Crippen LogP contribution in [0, 0.1) is 0 Å². The van der Waals surface area contributed by atoms with Gasteiger partial charge >= 0.3 is 0 Å². The number of aliphatic hydroxyl groups is 10. The van der Waals surface area contributed by atoms with E-state index in [1.54, 1.807) is 0 Å². The number of rotatable bonds is 7. The Bertz CT molecular complexity index is 1760. The third-order valence-corrected chi connectivity index (χ3v) is 9.40. The Hall–Kier alpha value is -3.51. The summed E-state index contributed by atoms with van der Waals surface area (Å²) in [7, 11) is 0. The van der Waals surface area contributed by atoms with Crippen molar-refractivity contribution in [3.8, 4) is 28.6 Å². The maximum absolute atomic E-state index is 13.7. The number of hydrogen-bond donors (Lipinski definition) is 13. The monoisotopic (exact) mass is 726 g/mol. The fourth-order valence-electron chi connectivity index (χ4n) is 6.49. The average Bonchev–Trinajstić information content (AvgIpc) is 3.10. The summed E-state index contributed by atoms with van der Waals surface area (Å²) in [6.07, 6.45) is -25.3. The molecular formula is C32H38O19. The van der Waals surface area contributed by atoms with E-state index in [0.29, 0.717) is 0 Å². The number of fused-ring (bicyclic) bond motifs is 1. The first-order valence-electron chi connectivity index (χ1n) is 15.8. The molecular weight excluding hydrogens is 688 g/mol. The summed E-state index contributed by atoms with van der Waals surface area (Å²) in [4.78, 5) is 13.7. The highest BCUT2D eigenvalue weighted by Crippen LogP contribution is 2.50. The van der Waals surface area contributed by atoms with Gasteiger partial charge in [-0.2, -0.15) is 0 Å². The second-order valence-corrected chi connectivity index (χ2v) is 12.7. The van der Waals surface area contributed by atoms with E-state index < -0.39 is 144 Å². The van der Waals surface area contributed by atoms with Crippen LogP contribution in [0.1, 0.15) is 23.3 Å². The van der Waals surface area contributed by atoms with Crippen LogP contribution in [0.2, 0.25) is 0 Å². The first-order chi connectivity index (χ1) is 24.2. The van der Waals surface area contributed by atoms with Gasteiger partial charge in [0.2, 0.25) is 0 Å². The second-order valence-electron chi connectivity index (χ2n) is 12.7. The largest absolute Gasteiger partial charge is 0.508 e. The second kappa shape index (κ2) is 14.5. The number of hydrogen-bond acceptors (Lipinski definition) is 19. The van der Waals surface area contributed by atoms with Gasteiger partial charge in [-0.05, 0) is 24.3 Å². The Labute approximate surface area is 286 Å². The average molecular weight is 727 g/mol. The number of benzene rings is 2. The number of phenols is 3. The molecule has 0 radical (unpaired) electrons. The van der Waals surface area contributed by atoms with Crippen molar-refractivity contribution in [1.82, 2.24) is 0 Å². The molecule has 3 aliphatic rings. The Morgan fingerprint density at radius 2 is 1.31 bits per heavy atom. The van der Waals surface area contributed by atoms with E-state index in [-0.39, 0.29) is 17.1 Å². The molecule has 19 heteroatoms. The van der Waals surface area contributed by atoms with Crippen LogP contribution < -0.4 is 5.43 Å². The molecule has 0 unspecified atom stereocenters. The van der Waals surface area contributed by atoms with Crippen LogP contribution in [0.3, 0.4) is 0 Å². The summed E-state index contributed by atoms with van der Waals surface area (Å²) >= 11 is 0. The first-order valence-corrected chi connectivity index (χ1v) is 15.8. The van der Waals surface area contributed by atoms with Crippen molar-refractivity contribution in [2.75, 3.05) is 19.8 Å². The molecule has 1 aromatic heterocycles. The quantitative estimate of drug-likeness (QED) is 0.111. The van der Waals surface area contributed by atoms with E-state index >= 15 is 0 Å². The van der Waals surface area contributed by atoms with Gasteiger partial charge < -0.3 is 89.7 Å². The van der Waals surface area contributed by atoms with Gasteiger partial charge in [0, 0.05) is 11.6 Å². The maximum atomic E-state index is 13.7. The summed E-state index contributed by atoms with van der Waals surface area (Å²) in [6, 6.07) is 6.34. The minimum absolute atomic E-state index is 0.107. The summed E-state index contributed by atoms with van der Waals surface area (Å²) in [5, 5.41) is 137. The number of phenolic OH excluding ortho intramolecular Hbond substituents is 3. The van der Waals surface area contributed by atoms with Gasteiger partial charge in [-0.15, -0.1) is 0 Å². The zero-order valence-electron chi connectivity index (χ0n) is 26.4. The molecule has 0 aliphatic carbocycles. The summed E-state index contributed by atoms with van der Waals surface area (Å²) in [6.45, 7) is -2.12. The van der Waals surface area contributed by atoms with Crippen LogP contribution in [0.4, 0.5) is 0 Å². The third kappa shape index (κ3) is 6.55. The van der Waals surface area contributed by atoms with E-state index in [1.807, 2.05) is 0 Å². The number of aliphatic hydroxyl groups excluding tert-OH is 10. The highest BCUT2D eigenvalue weighted by Gasteiger charge is 2.50. The minimum atomic E-state index is -2.13. The molecule has 3 aromatic rings. The Morgan fingerprint density at radius 3 is 1.98 bits per heavy atom. The van der Waals surface area contributed by atoms with Crippen molar-refractivity contribution in [3.63, 3.8) is 0 Å². The van der Waals surface area contributed by atoms with Gasteiger partial charge in [-0.3, -0.25) is 4.79 Å². The lowest BCUT2D eigenvalue weighted by atomic mass is 9.85. The van der Waals surface area contributed by atoms with Gasteiger partial charge in [-0.25, -0.2) is 0 Å². The summed E-state index contributed by atoms with van der Waals surface area (Å²) in [5.74, 6) is -2.28. The van der Waals surface area contributed by atoms with E-state index in [4.69, 9.17) is 23.4 Å². The molecule has 3 saturated heterocycles. The van der Waals surface area contributed by atoms with Crippen LogP contribution in [0.5, 0.6) is 17.2 Å². The Balaban J connectivity index is 1.44. The Kier molecular flexibility index (Phi) is 10.6. The summed E-state index contributed by atoms with van der Waals surface area (Å²) < 4.78 is 28.1. The standard InChI is InChI=1S/C32H38O19/c33-6-14-20(38)25(43)28(46)32(51-14)48-8-15-21(39)24(42)27(45)31(50-15)17-22(40)16-11(35)5-13(9-1-3-10(34)4-2-9)49-29(16)18(23(17)41)30-26(44)19(37)12(36)7-47-30/h1-5,12,14-15,19-21,24-28,30-34,36-46H,6-8H2/t12-,14+,15+,19+,20+,21+,24-,25-,26-,27+,28+,30+,31-,32+/m0/s1. The van der Waals surface area contributed by atoms with E-state index in [0.717, 1.165) is 6.07 Å². The van der Waals surface area contributed by atoms with Crippen molar-refractivity contribution in [2.45, 2.75) is 85.6 Å². The normalized spacial score (nSPS) is 37.5. The topological polar surface area (TPSA) is 330 Å². The van der Waals surface area contributed by atoms with Crippen LogP contribution in [0.25, 0.3) is 22.3 Å². The maximum Gasteiger partial charge on any atom is 0.197 e. The van der Waals surface area contributed by atoms with Crippen LogP contribution in [0.15, 0.2) is 39.5 Å². The predicted octanol–water partition coefficient (Wildman–Crippen LogP) is -3.93. The fraction of sp³-hybridized carbons (Fsp3) is 0.531. The van der Waals surface area contributed by atoms with E-state index in [9.17, 15) is 71.2 Å². The van der Waals surface area contributed by atoms with Gasteiger partial charge in [-0.1, -0.05) is 0 Å². The zero-order chi connectivity index (χ0) is 37.0. The van der Waals surface area contributed by atoms with E-state index in [2.05, 4.69) is 0 Å². The summed E-state index contributed by atoms with van der Waals surface area (Å²) in [5.41, 5.74) is -2.52. The van der Waals surface area contributed by atoms with Crippen LogP contribution in [-0.2, 0) is 18.9 Å². The molecule has 0 spiro atoms. The van der Waals surface area contributed by atoms with Crippen molar-refractivity contribution < 1.29 is 89.7 Å². The molecule has 280 valence electrons. The molecule has 6 rings (SSSR count). The van der Waals surface area contributed by atoms with Gasteiger partial charge in [0.05, 0.1) is 30.9 Å². The van der Waals surface area contributed by atoms with E-state index in [1.165, 1.54) is 24.3 Å². The molecule has 51 heavy (non-hydrogen) atoms. The molecule has 4 heterocycles. The lowest BCUT2D eigenvalue weighted by Gasteiger charge is -2.43. The molecule has 0 saturated carbocycles. The van der Waals surface area contributed by atoms with Crippen molar-refractivity contribution in [1.29, 1.82) is 0 Å². The highest BCUT2D eigenvalue weighted by atomic mass is 16.7.